The Kier molecular flexibility index (Phi) is 8.38. The SMILES string of the molecule is CCOP(=O)(OCC)C(=O)N[C@H]1CCCC[C@H]1NC(=O)OC(C)(C)C. The first-order chi connectivity index (χ1) is 11.6. The lowest BCUT2D eigenvalue weighted by molar-refractivity contribution is 0.0481. The number of alkyl carbamates (subject to hydrolysis) is 1. The number of rotatable bonds is 7. The Bertz CT molecular complexity index is 495. The minimum Gasteiger partial charge on any atom is -0.444 e. The maximum Gasteiger partial charge on any atom is 0.418 e. The predicted octanol–water partition coefficient (Wildman–Crippen LogP) is 3.80. The number of carbonyl (C=O) groups is 2. The van der Waals surface area contributed by atoms with Gasteiger partial charge in [-0.3, -0.25) is 4.79 Å². The van der Waals surface area contributed by atoms with Crippen molar-refractivity contribution in [3.05, 3.63) is 0 Å². The van der Waals surface area contributed by atoms with Gasteiger partial charge < -0.3 is 24.4 Å². The van der Waals surface area contributed by atoms with E-state index in [1.807, 2.05) is 0 Å². The summed E-state index contributed by atoms with van der Waals surface area (Å²) in [6.45, 7) is 8.86. The fraction of sp³-hybridized carbons (Fsp3) is 0.875. The van der Waals surface area contributed by atoms with Crippen LogP contribution in [0.15, 0.2) is 0 Å². The molecule has 1 aliphatic rings. The molecule has 2 N–H and O–H groups in total. The van der Waals surface area contributed by atoms with Crippen LogP contribution in [0.25, 0.3) is 0 Å². The van der Waals surface area contributed by atoms with Crippen LogP contribution in [0.1, 0.15) is 60.3 Å². The highest BCUT2D eigenvalue weighted by Crippen LogP contribution is 2.48. The van der Waals surface area contributed by atoms with Crippen molar-refractivity contribution in [2.24, 2.45) is 0 Å². The van der Waals surface area contributed by atoms with Gasteiger partial charge in [-0.1, -0.05) is 12.8 Å². The Labute approximate surface area is 149 Å². The van der Waals surface area contributed by atoms with Crippen LogP contribution in [-0.2, 0) is 18.3 Å². The van der Waals surface area contributed by atoms with Crippen LogP contribution in [0.3, 0.4) is 0 Å². The zero-order chi connectivity index (χ0) is 19.1. The Morgan fingerprint density at radius 1 is 1.00 bits per heavy atom. The molecule has 0 aromatic carbocycles. The second-order valence-corrected chi connectivity index (χ2v) is 8.84. The summed E-state index contributed by atoms with van der Waals surface area (Å²) in [4.78, 5) is 24.4. The van der Waals surface area contributed by atoms with E-state index in [2.05, 4.69) is 10.6 Å². The van der Waals surface area contributed by atoms with Crippen molar-refractivity contribution in [1.82, 2.24) is 10.6 Å². The van der Waals surface area contributed by atoms with E-state index in [4.69, 9.17) is 13.8 Å². The van der Waals surface area contributed by atoms with Crippen LogP contribution in [0.2, 0.25) is 0 Å². The summed E-state index contributed by atoms with van der Waals surface area (Å²) in [5.41, 5.74) is -1.36. The minimum atomic E-state index is -3.87. The largest absolute Gasteiger partial charge is 0.444 e. The second kappa shape index (κ2) is 9.55. The number of hydrogen-bond donors (Lipinski definition) is 2. The monoisotopic (exact) mass is 378 g/mol. The van der Waals surface area contributed by atoms with Crippen molar-refractivity contribution < 1.29 is 27.9 Å². The van der Waals surface area contributed by atoms with Gasteiger partial charge in [0.05, 0.1) is 19.3 Å². The first kappa shape index (κ1) is 21.9. The van der Waals surface area contributed by atoms with Crippen molar-refractivity contribution in [2.45, 2.75) is 78.0 Å². The molecule has 0 heterocycles. The fourth-order valence-electron chi connectivity index (χ4n) is 2.67. The topological polar surface area (TPSA) is 103 Å². The van der Waals surface area contributed by atoms with Gasteiger partial charge >= 0.3 is 19.3 Å². The maximum atomic E-state index is 12.5. The van der Waals surface area contributed by atoms with Gasteiger partial charge in [-0.05, 0) is 47.5 Å². The van der Waals surface area contributed by atoms with Crippen molar-refractivity contribution >= 4 is 19.3 Å². The number of hydrogen-bond acceptors (Lipinski definition) is 6. The first-order valence-corrected chi connectivity index (χ1v) is 10.3. The molecular weight excluding hydrogens is 347 g/mol. The molecule has 0 radical (unpaired) electrons. The Hall–Kier alpha value is -1.11. The van der Waals surface area contributed by atoms with Gasteiger partial charge in [-0.2, -0.15) is 0 Å². The highest BCUT2D eigenvalue weighted by molar-refractivity contribution is 7.71. The lowest BCUT2D eigenvalue weighted by atomic mass is 9.90. The maximum absolute atomic E-state index is 12.5. The molecule has 1 saturated carbocycles. The summed E-state index contributed by atoms with van der Waals surface area (Å²) in [6.07, 6.45) is 2.69. The van der Waals surface area contributed by atoms with E-state index < -0.39 is 24.9 Å². The fourth-order valence-corrected chi connectivity index (χ4v) is 3.98. The summed E-state index contributed by atoms with van der Waals surface area (Å²) in [6, 6.07) is -0.632. The number of carbonyl (C=O) groups excluding carboxylic acids is 2. The molecule has 1 aliphatic carbocycles. The van der Waals surface area contributed by atoms with Gasteiger partial charge in [0.15, 0.2) is 0 Å². The molecule has 0 aliphatic heterocycles. The van der Waals surface area contributed by atoms with Gasteiger partial charge in [-0.15, -0.1) is 0 Å². The number of amides is 2. The van der Waals surface area contributed by atoms with Crippen LogP contribution >= 0.6 is 7.60 Å². The Morgan fingerprint density at radius 3 is 1.92 bits per heavy atom. The molecular formula is C16H31N2O6P. The summed E-state index contributed by atoms with van der Waals surface area (Å²) in [7, 11) is -3.87. The standard InChI is InChI=1S/C16H31N2O6P/c1-6-22-25(21,23-7-2)15(20)18-13-11-9-8-10-12(13)17-14(19)24-16(3,4)5/h12-13H,6-11H2,1-5H3,(H,17,19)(H,18,20)/t12-,13+/m1/s1. The molecule has 0 spiro atoms. The summed E-state index contributed by atoms with van der Waals surface area (Å²) in [5.74, 6) is 0. The average molecular weight is 378 g/mol. The third-order valence-corrected chi connectivity index (χ3v) is 5.45. The van der Waals surface area contributed by atoms with Gasteiger partial charge in [-0.25, -0.2) is 9.36 Å². The first-order valence-electron chi connectivity index (χ1n) is 8.81. The Balaban J connectivity index is 2.74. The van der Waals surface area contributed by atoms with E-state index in [1.165, 1.54) is 0 Å². The van der Waals surface area contributed by atoms with Gasteiger partial charge in [0.25, 0.3) is 0 Å². The van der Waals surface area contributed by atoms with Crippen LogP contribution in [0.4, 0.5) is 9.59 Å². The van der Waals surface area contributed by atoms with E-state index in [0.717, 1.165) is 12.8 Å². The molecule has 0 bridgehead atoms. The third kappa shape index (κ3) is 7.34. The summed E-state index contributed by atoms with van der Waals surface area (Å²) < 4.78 is 27.9. The molecule has 0 saturated heterocycles. The van der Waals surface area contributed by atoms with Crippen LogP contribution in [-0.4, -0.2) is 42.6 Å². The molecule has 9 heteroatoms. The molecule has 1 fully saturated rings. The highest BCUT2D eigenvalue weighted by Gasteiger charge is 2.38. The van der Waals surface area contributed by atoms with E-state index in [1.54, 1.807) is 34.6 Å². The van der Waals surface area contributed by atoms with Crippen molar-refractivity contribution in [3.8, 4) is 0 Å². The van der Waals surface area contributed by atoms with Crippen molar-refractivity contribution in [2.75, 3.05) is 13.2 Å². The molecule has 146 valence electrons. The number of nitrogens with one attached hydrogen (secondary N) is 2. The average Bonchev–Trinajstić information content (AvgIpc) is 2.47. The molecule has 2 amide bonds. The minimum absolute atomic E-state index is 0.106. The zero-order valence-electron chi connectivity index (χ0n) is 15.8. The van der Waals surface area contributed by atoms with E-state index in [0.29, 0.717) is 12.8 Å². The third-order valence-electron chi connectivity index (χ3n) is 3.62. The van der Waals surface area contributed by atoms with E-state index >= 15 is 0 Å². The quantitative estimate of drug-likeness (QED) is 0.653. The van der Waals surface area contributed by atoms with E-state index in [-0.39, 0.29) is 25.3 Å². The highest BCUT2D eigenvalue weighted by atomic mass is 31.2. The molecule has 25 heavy (non-hydrogen) atoms. The molecule has 0 unspecified atom stereocenters. The molecule has 2 atom stereocenters. The summed E-state index contributed by atoms with van der Waals surface area (Å²) in [5, 5.41) is 5.52. The Morgan fingerprint density at radius 2 is 1.48 bits per heavy atom. The van der Waals surface area contributed by atoms with Gasteiger partial charge in [0, 0.05) is 6.04 Å². The smallest absolute Gasteiger partial charge is 0.418 e. The van der Waals surface area contributed by atoms with Crippen LogP contribution in [0, 0.1) is 0 Å². The normalized spacial score (nSPS) is 21.5. The predicted molar refractivity (Wildman–Crippen MR) is 94.8 cm³/mol. The van der Waals surface area contributed by atoms with Crippen molar-refractivity contribution in [1.29, 1.82) is 0 Å². The van der Waals surface area contributed by atoms with Gasteiger partial charge in [0.1, 0.15) is 5.60 Å². The zero-order valence-corrected chi connectivity index (χ0v) is 16.7. The molecule has 0 aromatic heterocycles. The summed E-state index contributed by atoms with van der Waals surface area (Å²) >= 11 is 0. The van der Waals surface area contributed by atoms with E-state index in [9.17, 15) is 14.2 Å². The lowest BCUT2D eigenvalue weighted by Gasteiger charge is -2.33. The van der Waals surface area contributed by atoms with Gasteiger partial charge in [0.2, 0.25) is 0 Å². The molecule has 8 nitrogen and oxygen atoms in total. The van der Waals surface area contributed by atoms with Crippen LogP contribution < -0.4 is 10.6 Å². The second-order valence-electron chi connectivity index (χ2n) is 6.93. The van der Waals surface area contributed by atoms with Crippen LogP contribution in [0.5, 0.6) is 0 Å². The molecule has 0 aromatic rings. The number of ether oxygens (including phenoxy) is 1. The van der Waals surface area contributed by atoms with Crippen molar-refractivity contribution in [3.63, 3.8) is 0 Å². The molecule has 1 rings (SSSR count). The lowest BCUT2D eigenvalue weighted by Crippen LogP contribution is -2.53.